The van der Waals surface area contributed by atoms with Crippen molar-refractivity contribution in [2.75, 3.05) is 11.9 Å². The second-order valence-corrected chi connectivity index (χ2v) is 6.86. The SMILES string of the molecule is C.C[C@H](CO)n1ccc2c(NC(=O)Cc3ccc(C(F)(F)F)c(F)c3)cccc2c1=O. The van der Waals surface area contributed by atoms with E-state index in [2.05, 4.69) is 5.32 Å². The van der Waals surface area contributed by atoms with Crippen molar-refractivity contribution in [2.24, 2.45) is 0 Å². The molecule has 1 heterocycles. The topological polar surface area (TPSA) is 71.3 Å². The minimum Gasteiger partial charge on any atom is -0.394 e. The van der Waals surface area contributed by atoms with E-state index in [1.807, 2.05) is 0 Å². The second-order valence-electron chi connectivity index (χ2n) is 6.86. The zero-order valence-corrected chi connectivity index (χ0v) is 15.8. The number of halogens is 4. The van der Waals surface area contributed by atoms with E-state index in [9.17, 15) is 32.3 Å². The Kier molecular flexibility index (Phi) is 7.22. The Morgan fingerprint density at radius 3 is 2.48 bits per heavy atom. The average molecular weight is 438 g/mol. The number of pyridine rings is 1. The molecule has 9 heteroatoms. The molecule has 1 atom stereocenters. The van der Waals surface area contributed by atoms with E-state index < -0.39 is 29.5 Å². The van der Waals surface area contributed by atoms with Gasteiger partial charge in [0.2, 0.25) is 5.91 Å². The van der Waals surface area contributed by atoms with Gasteiger partial charge in [-0.15, -0.1) is 0 Å². The lowest BCUT2D eigenvalue weighted by molar-refractivity contribution is -0.140. The Balaban J connectivity index is 0.00000341. The molecule has 3 rings (SSSR count). The zero-order valence-electron chi connectivity index (χ0n) is 15.8. The fourth-order valence-corrected chi connectivity index (χ4v) is 3.12. The lowest BCUT2D eigenvalue weighted by Crippen LogP contribution is -2.25. The molecular formula is C22H22F4N2O3. The number of aliphatic hydroxyl groups is 1. The molecule has 1 aromatic heterocycles. The van der Waals surface area contributed by atoms with E-state index >= 15 is 0 Å². The number of anilines is 1. The van der Waals surface area contributed by atoms with Gasteiger partial charge in [-0.2, -0.15) is 13.2 Å². The summed E-state index contributed by atoms with van der Waals surface area (Å²) >= 11 is 0. The molecule has 0 fully saturated rings. The first-order chi connectivity index (χ1) is 14.1. The van der Waals surface area contributed by atoms with E-state index in [0.717, 1.165) is 6.07 Å². The molecule has 31 heavy (non-hydrogen) atoms. The summed E-state index contributed by atoms with van der Waals surface area (Å²) in [5.41, 5.74) is -1.31. The number of nitrogens with zero attached hydrogens (tertiary/aromatic N) is 1. The van der Waals surface area contributed by atoms with Crippen LogP contribution in [0, 0.1) is 5.82 Å². The predicted molar refractivity (Wildman–Crippen MR) is 110 cm³/mol. The lowest BCUT2D eigenvalue weighted by Gasteiger charge is -2.15. The van der Waals surface area contributed by atoms with Gasteiger partial charge in [0.05, 0.1) is 24.6 Å². The monoisotopic (exact) mass is 438 g/mol. The maximum Gasteiger partial charge on any atom is 0.419 e. The molecule has 0 spiro atoms. The molecule has 2 N–H and O–H groups in total. The number of alkyl halides is 3. The summed E-state index contributed by atoms with van der Waals surface area (Å²) in [7, 11) is 0. The number of aliphatic hydroxyl groups excluding tert-OH is 1. The molecule has 0 aliphatic rings. The van der Waals surface area contributed by atoms with E-state index in [4.69, 9.17) is 0 Å². The first-order valence-corrected chi connectivity index (χ1v) is 9.02. The number of amides is 1. The van der Waals surface area contributed by atoms with Gasteiger partial charge in [-0.05, 0) is 42.8 Å². The van der Waals surface area contributed by atoms with Crippen molar-refractivity contribution < 1.29 is 27.5 Å². The van der Waals surface area contributed by atoms with Gasteiger partial charge in [-0.25, -0.2) is 4.39 Å². The van der Waals surface area contributed by atoms with Crippen molar-refractivity contribution in [1.29, 1.82) is 0 Å². The molecule has 2 aromatic carbocycles. The third-order valence-electron chi connectivity index (χ3n) is 4.69. The molecule has 0 saturated heterocycles. The molecule has 0 saturated carbocycles. The van der Waals surface area contributed by atoms with Crippen LogP contribution in [0.15, 0.2) is 53.5 Å². The summed E-state index contributed by atoms with van der Waals surface area (Å²) in [5, 5.41) is 12.7. The smallest absolute Gasteiger partial charge is 0.394 e. The number of carbonyl (C=O) groups excluding carboxylic acids is 1. The number of fused-ring (bicyclic) bond motifs is 1. The van der Waals surface area contributed by atoms with Gasteiger partial charge in [0, 0.05) is 22.7 Å². The highest BCUT2D eigenvalue weighted by Gasteiger charge is 2.33. The third-order valence-corrected chi connectivity index (χ3v) is 4.69. The van der Waals surface area contributed by atoms with E-state index in [1.165, 1.54) is 10.8 Å². The lowest BCUT2D eigenvalue weighted by atomic mass is 10.1. The van der Waals surface area contributed by atoms with E-state index in [1.54, 1.807) is 31.2 Å². The van der Waals surface area contributed by atoms with E-state index in [0.29, 0.717) is 28.6 Å². The Labute approximate surface area is 175 Å². The number of hydrogen-bond donors (Lipinski definition) is 2. The molecule has 0 unspecified atom stereocenters. The van der Waals surface area contributed by atoms with Crippen LogP contribution in [0.5, 0.6) is 0 Å². The largest absolute Gasteiger partial charge is 0.419 e. The maximum absolute atomic E-state index is 13.7. The highest BCUT2D eigenvalue weighted by atomic mass is 19.4. The molecule has 0 radical (unpaired) electrons. The van der Waals surface area contributed by atoms with Crippen LogP contribution in [-0.2, 0) is 17.4 Å². The van der Waals surface area contributed by atoms with Crippen LogP contribution < -0.4 is 10.9 Å². The van der Waals surface area contributed by atoms with Gasteiger partial charge < -0.3 is 15.0 Å². The first-order valence-electron chi connectivity index (χ1n) is 9.02. The Hall–Kier alpha value is -3.20. The van der Waals surface area contributed by atoms with Crippen molar-refractivity contribution in [3.05, 3.63) is 76.0 Å². The molecule has 1 amide bonds. The van der Waals surface area contributed by atoms with Gasteiger partial charge in [0.15, 0.2) is 0 Å². The average Bonchev–Trinajstić information content (AvgIpc) is 2.67. The van der Waals surface area contributed by atoms with Gasteiger partial charge in [-0.1, -0.05) is 19.6 Å². The molecular weight excluding hydrogens is 416 g/mol. The highest BCUT2D eigenvalue weighted by Crippen LogP contribution is 2.31. The van der Waals surface area contributed by atoms with Crippen LogP contribution in [0.1, 0.15) is 31.5 Å². The van der Waals surface area contributed by atoms with Crippen molar-refractivity contribution in [3.63, 3.8) is 0 Å². The van der Waals surface area contributed by atoms with E-state index in [-0.39, 0.29) is 31.6 Å². The van der Waals surface area contributed by atoms with Crippen molar-refractivity contribution in [1.82, 2.24) is 4.57 Å². The van der Waals surface area contributed by atoms with Gasteiger partial charge >= 0.3 is 6.18 Å². The molecule has 0 bridgehead atoms. The van der Waals surface area contributed by atoms with Gasteiger partial charge in [-0.3, -0.25) is 9.59 Å². The maximum atomic E-state index is 13.7. The fourth-order valence-electron chi connectivity index (χ4n) is 3.12. The number of benzene rings is 2. The third kappa shape index (κ3) is 5.11. The molecule has 0 aliphatic heterocycles. The standard InChI is InChI=1S/C21H18F4N2O3.CH4/c1-12(11-28)27-8-7-14-15(20(27)30)3-2-4-18(14)26-19(29)10-13-5-6-16(17(22)9-13)21(23,24)25;/h2-9,12,28H,10-11H2,1H3,(H,26,29);1H4/t12-;/m1./s1. The van der Waals surface area contributed by atoms with Crippen LogP contribution in [0.3, 0.4) is 0 Å². The molecule has 3 aromatic rings. The van der Waals surface area contributed by atoms with Crippen LogP contribution in [0.25, 0.3) is 10.8 Å². The summed E-state index contributed by atoms with van der Waals surface area (Å²) in [6.07, 6.45) is -3.65. The molecule has 0 aliphatic carbocycles. The Bertz CT molecular complexity index is 1160. The highest BCUT2D eigenvalue weighted by molar-refractivity contribution is 6.02. The summed E-state index contributed by atoms with van der Waals surface area (Å²) < 4.78 is 53.0. The van der Waals surface area contributed by atoms with Crippen molar-refractivity contribution in [2.45, 2.75) is 33.0 Å². The van der Waals surface area contributed by atoms with Crippen molar-refractivity contribution >= 4 is 22.4 Å². The van der Waals surface area contributed by atoms with Gasteiger partial charge in [0.1, 0.15) is 5.82 Å². The molecule has 166 valence electrons. The van der Waals surface area contributed by atoms with Crippen LogP contribution in [0.2, 0.25) is 0 Å². The number of hydrogen-bond acceptors (Lipinski definition) is 3. The van der Waals surface area contributed by atoms with Crippen molar-refractivity contribution in [3.8, 4) is 0 Å². The fraction of sp³-hybridized carbons (Fsp3) is 0.273. The summed E-state index contributed by atoms with van der Waals surface area (Å²) in [6.45, 7) is 1.47. The van der Waals surface area contributed by atoms with Crippen LogP contribution in [0.4, 0.5) is 23.2 Å². The number of nitrogens with one attached hydrogen (secondary N) is 1. The Morgan fingerprint density at radius 1 is 1.16 bits per heavy atom. The minimum atomic E-state index is -4.81. The summed E-state index contributed by atoms with van der Waals surface area (Å²) in [6, 6.07) is 8.26. The van der Waals surface area contributed by atoms with Crippen LogP contribution >= 0.6 is 0 Å². The predicted octanol–water partition coefficient (Wildman–Crippen LogP) is 4.53. The second kappa shape index (κ2) is 9.30. The normalized spacial score (nSPS) is 12.3. The first kappa shape index (κ1) is 24.1. The minimum absolute atomic E-state index is 0. The zero-order chi connectivity index (χ0) is 22.1. The molecule has 5 nitrogen and oxygen atoms in total. The van der Waals surface area contributed by atoms with Gasteiger partial charge in [0.25, 0.3) is 5.56 Å². The summed E-state index contributed by atoms with van der Waals surface area (Å²) in [5.74, 6) is -2.02. The quantitative estimate of drug-likeness (QED) is 0.575. The number of rotatable bonds is 5. The number of carbonyl (C=O) groups is 1. The Morgan fingerprint density at radius 2 is 1.87 bits per heavy atom. The number of aromatic nitrogens is 1. The summed E-state index contributed by atoms with van der Waals surface area (Å²) in [4.78, 5) is 25.0. The van der Waals surface area contributed by atoms with Crippen LogP contribution in [-0.4, -0.2) is 22.2 Å².